The first-order valence-electron chi connectivity index (χ1n) is 6.71. The number of furan rings is 1. The van der Waals surface area contributed by atoms with Gasteiger partial charge in [-0.2, -0.15) is 0 Å². The maximum atomic E-state index is 11.3. The Morgan fingerprint density at radius 3 is 2.89 bits per heavy atom. The standard InChI is InChI=1S/C14H23N3O2/c1-14(2,3)11-4-5-17(7-11)8-12-6-10(9-19-12)13(18)16-15/h6,9,11H,4-5,7-8,15H2,1-3H3,(H,16,18). The van der Waals surface area contributed by atoms with Crippen LogP contribution in [-0.2, 0) is 6.54 Å². The number of rotatable bonds is 3. The largest absolute Gasteiger partial charge is 0.467 e. The van der Waals surface area contributed by atoms with Gasteiger partial charge in [-0.05, 0) is 30.4 Å². The van der Waals surface area contributed by atoms with Gasteiger partial charge in [-0.25, -0.2) is 5.84 Å². The van der Waals surface area contributed by atoms with Crippen molar-refractivity contribution in [2.75, 3.05) is 13.1 Å². The van der Waals surface area contributed by atoms with Crippen LogP contribution in [0.4, 0.5) is 0 Å². The summed E-state index contributed by atoms with van der Waals surface area (Å²) in [5, 5.41) is 0. The Morgan fingerprint density at radius 2 is 2.32 bits per heavy atom. The van der Waals surface area contributed by atoms with Gasteiger partial charge in [-0.1, -0.05) is 20.8 Å². The zero-order valence-electron chi connectivity index (χ0n) is 11.9. The van der Waals surface area contributed by atoms with Crippen molar-refractivity contribution in [2.45, 2.75) is 33.7 Å². The van der Waals surface area contributed by atoms with E-state index in [-0.39, 0.29) is 5.91 Å². The van der Waals surface area contributed by atoms with Crippen LogP contribution in [0.3, 0.4) is 0 Å². The van der Waals surface area contributed by atoms with Crippen LogP contribution < -0.4 is 11.3 Å². The summed E-state index contributed by atoms with van der Waals surface area (Å²) in [6, 6.07) is 1.76. The third-order valence-electron chi connectivity index (χ3n) is 3.92. The summed E-state index contributed by atoms with van der Waals surface area (Å²) in [4.78, 5) is 13.7. The number of nitrogens with two attached hydrogens (primary N) is 1. The zero-order valence-corrected chi connectivity index (χ0v) is 11.9. The number of hydrazine groups is 1. The molecule has 19 heavy (non-hydrogen) atoms. The normalized spacial score (nSPS) is 20.7. The van der Waals surface area contributed by atoms with Crippen molar-refractivity contribution in [1.82, 2.24) is 10.3 Å². The predicted molar refractivity (Wildman–Crippen MR) is 73.2 cm³/mol. The molecule has 0 aromatic carbocycles. The summed E-state index contributed by atoms with van der Waals surface area (Å²) in [7, 11) is 0. The average molecular weight is 265 g/mol. The molecule has 0 radical (unpaired) electrons. The lowest BCUT2D eigenvalue weighted by molar-refractivity contribution is 0.0953. The SMILES string of the molecule is CC(C)(C)C1CCN(Cc2cc(C(=O)NN)co2)C1. The minimum absolute atomic E-state index is 0.316. The van der Waals surface area contributed by atoms with Gasteiger partial charge < -0.3 is 4.42 Å². The molecule has 0 bridgehead atoms. The van der Waals surface area contributed by atoms with Crippen molar-refractivity contribution in [3.63, 3.8) is 0 Å². The van der Waals surface area contributed by atoms with Crippen LogP contribution in [0.25, 0.3) is 0 Å². The van der Waals surface area contributed by atoms with Gasteiger partial charge in [-0.15, -0.1) is 0 Å². The Morgan fingerprint density at radius 1 is 1.58 bits per heavy atom. The molecule has 1 fully saturated rings. The van der Waals surface area contributed by atoms with E-state index in [4.69, 9.17) is 10.3 Å². The first-order valence-corrected chi connectivity index (χ1v) is 6.71. The lowest BCUT2D eigenvalue weighted by Gasteiger charge is -2.26. The fourth-order valence-corrected chi connectivity index (χ4v) is 2.57. The highest BCUT2D eigenvalue weighted by Gasteiger charge is 2.31. The Labute approximate surface area is 114 Å². The third kappa shape index (κ3) is 3.36. The number of hydrogen-bond donors (Lipinski definition) is 2. The molecule has 1 aromatic heterocycles. The number of carbonyl (C=O) groups excluding carboxylic acids is 1. The van der Waals surface area contributed by atoms with Gasteiger partial charge in [0.05, 0.1) is 12.1 Å². The van der Waals surface area contributed by atoms with Crippen LogP contribution in [0.15, 0.2) is 16.7 Å². The minimum Gasteiger partial charge on any atom is -0.467 e. The number of amides is 1. The molecule has 1 amide bonds. The van der Waals surface area contributed by atoms with Crippen molar-refractivity contribution in [1.29, 1.82) is 0 Å². The second-order valence-corrected chi connectivity index (χ2v) is 6.36. The molecule has 5 nitrogen and oxygen atoms in total. The molecule has 0 aliphatic carbocycles. The topological polar surface area (TPSA) is 71.5 Å². The Bertz CT molecular complexity index is 448. The first kappa shape index (κ1) is 14.1. The molecule has 1 aromatic rings. The molecule has 5 heteroatoms. The van der Waals surface area contributed by atoms with Crippen LogP contribution in [0.2, 0.25) is 0 Å². The lowest BCUT2D eigenvalue weighted by Crippen LogP contribution is -2.29. The summed E-state index contributed by atoms with van der Waals surface area (Å²) in [5.41, 5.74) is 2.93. The van der Waals surface area contributed by atoms with Gasteiger partial charge in [0.1, 0.15) is 12.0 Å². The van der Waals surface area contributed by atoms with Crippen molar-refractivity contribution in [3.8, 4) is 0 Å². The second-order valence-electron chi connectivity index (χ2n) is 6.36. The lowest BCUT2D eigenvalue weighted by atomic mass is 9.80. The van der Waals surface area contributed by atoms with E-state index >= 15 is 0 Å². The third-order valence-corrected chi connectivity index (χ3v) is 3.92. The Kier molecular flexibility index (Phi) is 3.96. The molecule has 3 N–H and O–H groups in total. The Balaban J connectivity index is 1.92. The molecule has 1 aliphatic heterocycles. The fraction of sp³-hybridized carbons (Fsp3) is 0.643. The smallest absolute Gasteiger partial charge is 0.268 e. The number of nitrogens with one attached hydrogen (secondary N) is 1. The van der Waals surface area contributed by atoms with Crippen LogP contribution in [0.5, 0.6) is 0 Å². The molecule has 2 rings (SSSR count). The molecular formula is C14H23N3O2. The van der Waals surface area contributed by atoms with E-state index in [0.29, 0.717) is 16.9 Å². The van der Waals surface area contributed by atoms with Crippen LogP contribution in [0.1, 0.15) is 43.3 Å². The molecular weight excluding hydrogens is 242 g/mol. The van der Waals surface area contributed by atoms with Gasteiger partial charge in [0.25, 0.3) is 5.91 Å². The fourth-order valence-electron chi connectivity index (χ4n) is 2.57. The van der Waals surface area contributed by atoms with Crippen molar-refractivity contribution >= 4 is 5.91 Å². The molecule has 1 aliphatic rings. The predicted octanol–water partition coefficient (Wildman–Crippen LogP) is 1.75. The van der Waals surface area contributed by atoms with E-state index < -0.39 is 0 Å². The van der Waals surface area contributed by atoms with Gasteiger partial charge in [-0.3, -0.25) is 15.1 Å². The van der Waals surface area contributed by atoms with Crippen molar-refractivity contribution in [3.05, 3.63) is 23.7 Å². The zero-order chi connectivity index (χ0) is 14.0. The number of nitrogen functional groups attached to an aromatic ring is 1. The highest BCUT2D eigenvalue weighted by molar-refractivity contribution is 5.93. The number of hydrogen-bond acceptors (Lipinski definition) is 4. The summed E-state index contributed by atoms with van der Waals surface area (Å²) in [5.74, 6) is 6.31. The van der Waals surface area contributed by atoms with E-state index in [1.54, 1.807) is 6.07 Å². The average Bonchev–Trinajstić information content (AvgIpc) is 2.97. The van der Waals surface area contributed by atoms with E-state index in [9.17, 15) is 4.79 Å². The van der Waals surface area contributed by atoms with Gasteiger partial charge in [0.2, 0.25) is 0 Å². The molecule has 0 saturated carbocycles. The van der Waals surface area contributed by atoms with Crippen LogP contribution in [-0.4, -0.2) is 23.9 Å². The quantitative estimate of drug-likeness (QED) is 0.496. The van der Waals surface area contributed by atoms with E-state index in [1.165, 1.54) is 12.7 Å². The minimum atomic E-state index is -0.316. The molecule has 1 saturated heterocycles. The summed E-state index contributed by atoms with van der Waals surface area (Å²) < 4.78 is 5.41. The van der Waals surface area contributed by atoms with E-state index in [1.807, 2.05) is 0 Å². The van der Waals surface area contributed by atoms with Gasteiger partial charge in [0, 0.05) is 6.54 Å². The van der Waals surface area contributed by atoms with Gasteiger partial charge >= 0.3 is 0 Å². The second kappa shape index (κ2) is 5.35. The van der Waals surface area contributed by atoms with Crippen molar-refractivity contribution < 1.29 is 9.21 Å². The molecule has 2 heterocycles. The summed E-state index contributed by atoms with van der Waals surface area (Å²) in [6.07, 6.45) is 2.68. The summed E-state index contributed by atoms with van der Waals surface area (Å²) >= 11 is 0. The van der Waals surface area contributed by atoms with Crippen LogP contribution >= 0.6 is 0 Å². The van der Waals surface area contributed by atoms with E-state index in [2.05, 4.69) is 31.1 Å². The summed E-state index contributed by atoms with van der Waals surface area (Å²) in [6.45, 7) is 9.79. The van der Waals surface area contributed by atoms with Gasteiger partial charge in [0.15, 0.2) is 0 Å². The van der Waals surface area contributed by atoms with Crippen LogP contribution in [0, 0.1) is 11.3 Å². The Hall–Kier alpha value is -1.33. The van der Waals surface area contributed by atoms with E-state index in [0.717, 1.165) is 25.4 Å². The highest BCUT2D eigenvalue weighted by Crippen LogP contribution is 2.34. The highest BCUT2D eigenvalue weighted by atomic mass is 16.3. The molecule has 106 valence electrons. The number of likely N-dealkylation sites (tertiary alicyclic amines) is 1. The number of nitrogens with zero attached hydrogens (tertiary/aromatic N) is 1. The molecule has 0 spiro atoms. The first-order chi connectivity index (χ1) is 8.90. The maximum absolute atomic E-state index is 11.3. The molecule has 1 unspecified atom stereocenters. The monoisotopic (exact) mass is 265 g/mol. The molecule has 1 atom stereocenters. The van der Waals surface area contributed by atoms with Crippen molar-refractivity contribution in [2.24, 2.45) is 17.2 Å². The number of carbonyl (C=O) groups is 1. The maximum Gasteiger partial charge on any atom is 0.268 e.